The van der Waals surface area contributed by atoms with Gasteiger partial charge in [0.15, 0.2) is 5.82 Å². The number of nitrogens with two attached hydrogens (primary N) is 1. The average molecular weight is 406 g/mol. The number of primary amides is 1. The quantitative estimate of drug-likeness (QED) is 0.561. The van der Waals surface area contributed by atoms with Crippen molar-refractivity contribution in [3.63, 3.8) is 0 Å². The van der Waals surface area contributed by atoms with Crippen molar-refractivity contribution in [3.8, 4) is 23.2 Å². The Kier molecular flexibility index (Phi) is 6.48. The van der Waals surface area contributed by atoms with Crippen LogP contribution in [0.4, 0.5) is 0 Å². The van der Waals surface area contributed by atoms with E-state index in [1.807, 2.05) is 24.3 Å². The summed E-state index contributed by atoms with van der Waals surface area (Å²) in [7, 11) is 1.65. The van der Waals surface area contributed by atoms with E-state index in [4.69, 9.17) is 5.73 Å². The summed E-state index contributed by atoms with van der Waals surface area (Å²) in [6.45, 7) is 2.03. The van der Waals surface area contributed by atoms with E-state index in [-0.39, 0.29) is 0 Å². The molecule has 0 spiro atoms. The van der Waals surface area contributed by atoms with E-state index in [1.54, 1.807) is 14.0 Å². The Balaban J connectivity index is 1.89. The van der Waals surface area contributed by atoms with E-state index in [0.29, 0.717) is 36.5 Å². The molecule has 0 fully saturated rings. The second kappa shape index (κ2) is 9.06. The number of carbonyl (C=O) groups is 2. The van der Waals surface area contributed by atoms with Gasteiger partial charge in [0, 0.05) is 42.4 Å². The van der Waals surface area contributed by atoms with Crippen molar-refractivity contribution in [1.29, 1.82) is 0 Å². The predicted octanol–water partition coefficient (Wildman–Crippen LogP) is 1.70. The van der Waals surface area contributed by atoms with Gasteiger partial charge in [-0.1, -0.05) is 24.0 Å². The highest BCUT2D eigenvalue weighted by Crippen LogP contribution is 2.26. The van der Waals surface area contributed by atoms with E-state index in [9.17, 15) is 14.7 Å². The van der Waals surface area contributed by atoms with Gasteiger partial charge in [0.1, 0.15) is 11.3 Å². The number of hydrogen-bond acceptors (Lipinski definition) is 5. The topological polar surface area (TPSA) is 109 Å². The summed E-state index contributed by atoms with van der Waals surface area (Å²) in [5, 5.41) is 10.4. The fourth-order valence-electron chi connectivity index (χ4n) is 3.38. The van der Waals surface area contributed by atoms with E-state index >= 15 is 0 Å². The van der Waals surface area contributed by atoms with Crippen molar-refractivity contribution in [1.82, 2.24) is 14.9 Å². The van der Waals surface area contributed by atoms with Crippen LogP contribution in [0.2, 0.25) is 0 Å². The molecule has 0 bridgehead atoms. The minimum Gasteiger partial charge on any atom is -0.378 e. The zero-order valence-corrected chi connectivity index (χ0v) is 17.3. The molecule has 0 saturated carbocycles. The Bertz CT molecular complexity index is 1020. The van der Waals surface area contributed by atoms with Crippen LogP contribution in [-0.4, -0.2) is 51.5 Å². The number of fused-ring (bicyclic) bond motifs is 1. The molecule has 3 rings (SSSR count). The van der Waals surface area contributed by atoms with E-state index < -0.39 is 11.5 Å². The third-order valence-electron chi connectivity index (χ3n) is 5.14. The van der Waals surface area contributed by atoms with Crippen LogP contribution < -0.4 is 5.73 Å². The Morgan fingerprint density at radius 2 is 2.10 bits per heavy atom. The Morgan fingerprint density at radius 3 is 2.83 bits per heavy atom. The van der Waals surface area contributed by atoms with Gasteiger partial charge in [0.2, 0.25) is 6.41 Å². The van der Waals surface area contributed by atoms with Gasteiger partial charge in [0.05, 0.1) is 0 Å². The molecule has 1 aromatic carbocycles. The van der Waals surface area contributed by atoms with Gasteiger partial charge in [-0.2, -0.15) is 0 Å². The number of rotatable bonds is 6. The van der Waals surface area contributed by atoms with Gasteiger partial charge in [-0.25, -0.2) is 9.97 Å². The molecule has 2 aromatic rings. The standard InChI is InChI=1S/C23H26N4O3/c1-23(30,12-13-27(2)15-28)11-10-16-6-5-7-17(14-16)22-25-19-9-4-3-8-18(19)20(26-22)21(24)29/h5-7,14-15,30H,3-4,8-9,12-13H2,1-2H3,(H2,24,29). The molecule has 1 heterocycles. The highest BCUT2D eigenvalue weighted by atomic mass is 16.3. The molecule has 3 N–H and O–H groups in total. The lowest BCUT2D eigenvalue weighted by Crippen LogP contribution is -2.29. The normalized spacial score (nSPS) is 14.6. The fourth-order valence-corrected chi connectivity index (χ4v) is 3.38. The van der Waals surface area contributed by atoms with E-state index in [0.717, 1.165) is 42.5 Å². The SMILES string of the molecule is CN(C=O)CCC(C)(O)C#Cc1cccc(-c2nc3c(c(C(N)=O)n2)CCCC3)c1. The smallest absolute Gasteiger partial charge is 0.267 e. The maximum Gasteiger partial charge on any atom is 0.267 e. The van der Waals surface area contributed by atoms with Crippen LogP contribution in [0.5, 0.6) is 0 Å². The zero-order chi connectivity index (χ0) is 21.7. The summed E-state index contributed by atoms with van der Waals surface area (Å²) in [5.41, 5.74) is 7.82. The van der Waals surface area contributed by atoms with Crippen LogP contribution in [0.3, 0.4) is 0 Å². The van der Waals surface area contributed by atoms with Gasteiger partial charge in [-0.15, -0.1) is 0 Å². The summed E-state index contributed by atoms with van der Waals surface area (Å²) < 4.78 is 0. The lowest BCUT2D eigenvalue weighted by Gasteiger charge is -2.19. The first-order valence-corrected chi connectivity index (χ1v) is 10.0. The molecule has 156 valence electrons. The fraction of sp³-hybridized carbons (Fsp3) is 0.391. The molecule has 0 aliphatic heterocycles. The molecule has 30 heavy (non-hydrogen) atoms. The number of aliphatic hydroxyl groups is 1. The molecule has 1 atom stereocenters. The first-order chi connectivity index (χ1) is 14.3. The molecule has 0 radical (unpaired) electrons. The summed E-state index contributed by atoms with van der Waals surface area (Å²) in [4.78, 5) is 33.2. The number of hydrogen-bond donors (Lipinski definition) is 2. The maximum atomic E-state index is 11.9. The Labute approximate surface area is 176 Å². The second-order valence-electron chi connectivity index (χ2n) is 7.83. The highest BCUT2D eigenvalue weighted by molar-refractivity contribution is 5.93. The first kappa shape index (κ1) is 21.5. The van der Waals surface area contributed by atoms with Gasteiger partial charge in [-0.05, 0) is 44.7 Å². The molecule has 1 aliphatic carbocycles. The molecule has 0 saturated heterocycles. The summed E-state index contributed by atoms with van der Waals surface area (Å²) in [6.07, 6.45) is 4.67. The van der Waals surface area contributed by atoms with Crippen molar-refractivity contribution < 1.29 is 14.7 Å². The number of aryl methyl sites for hydroxylation is 1. The molecule has 7 nitrogen and oxygen atoms in total. The number of benzene rings is 1. The molecule has 1 unspecified atom stereocenters. The van der Waals surface area contributed by atoms with Crippen LogP contribution in [-0.2, 0) is 17.6 Å². The van der Waals surface area contributed by atoms with Gasteiger partial charge in [0.25, 0.3) is 5.91 Å². The lowest BCUT2D eigenvalue weighted by molar-refractivity contribution is -0.117. The monoisotopic (exact) mass is 406 g/mol. The lowest BCUT2D eigenvalue weighted by atomic mass is 9.94. The van der Waals surface area contributed by atoms with Crippen LogP contribution in [0.25, 0.3) is 11.4 Å². The van der Waals surface area contributed by atoms with Crippen LogP contribution in [0.15, 0.2) is 24.3 Å². The summed E-state index contributed by atoms with van der Waals surface area (Å²) >= 11 is 0. The van der Waals surface area contributed by atoms with Crippen molar-refractivity contribution in [2.24, 2.45) is 5.73 Å². The molecular formula is C23H26N4O3. The molecule has 7 heteroatoms. The number of aromatic nitrogens is 2. The third kappa shape index (κ3) is 5.22. The number of nitrogens with zero attached hydrogens (tertiary/aromatic N) is 3. The van der Waals surface area contributed by atoms with Gasteiger partial charge >= 0.3 is 0 Å². The largest absolute Gasteiger partial charge is 0.378 e. The Morgan fingerprint density at radius 1 is 1.33 bits per heavy atom. The van der Waals surface area contributed by atoms with Crippen molar-refractivity contribution in [2.45, 2.75) is 44.6 Å². The average Bonchev–Trinajstić information content (AvgIpc) is 2.75. The van der Waals surface area contributed by atoms with Crippen LogP contribution in [0, 0.1) is 11.8 Å². The summed E-state index contributed by atoms with van der Waals surface area (Å²) in [5.74, 6) is 5.76. The first-order valence-electron chi connectivity index (χ1n) is 10.0. The predicted molar refractivity (Wildman–Crippen MR) is 113 cm³/mol. The number of amides is 2. The molecule has 2 amide bonds. The Hall–Kier alpha value is -3.24. The van der Waals surface area contributed by atoms with Crippen molar-refractivity contribution in [2.75, 3.05) is 13.6 Å². The van der Waals surface area contributed by atoms with Crippen LogP contribution >= 0.6 is 0 Å². The second-order valence-corrected chi connectivity index (χ2v) is 7.83. The van der Waals surface area contributed by atoms with Crippen molar-refractivity contribution in [3.05, 3.63) is 46.8 Å². The minimum absolute atomic E-state index is 0.299. The van der Waals surface area contributed by atoms with Crippen LogP contribution in [0.1, 0.15) is 53.5 Å². The minimum atomic E-state index is -1.23. The zero-order valence-electron chi connectivity index (χ0n) is 17.3. The van der Waals surface area contributed by atoms with E-state index in [2.05, 4.69) is 21.8 Å². The highest BCUT2D eigenvalue weighted by Gasteiger charge is 2.21. The van der Waals surface area contributed by atoms with Crippen molar-refractivity contribution >= 4 is 12.3 Å². The summed E-state index contributed by atoms with van der Waals surface area (Å²) in [6, 6.07) is 7.35. The van der Waals surface area contributed by atoms with Gasteiger partial charge in [-0.3, -0.25) is 9.59 Å². The third-order valence-corrected chi connectivity index (χ3v) is 5.14. The van der Waals surface area contributed by atoms with Gasteiger partial charge < -0.3 is 15.7 Å². The van der Waals surface area contributed by atoms with E-state index in [1.165, 1.54) is 4.90 Å². The molecule has 1 aliphatic rings. The molecule has 1 aromatic heterocycles. The molecular weight excluding hydrogens is 380 g/mol. The maximum absolute atomic E-state index is 11.9. The number of carbonyl (C=O) groups excluding carboxylic acids is 2.